The Morgan fingerprint density at radius 3 is 2.58 bits per heavy atom. The van der Waals surface area contributed by atoms with Crippen LogP contribution in [0.4, 0.5) is 4.79 Å². The molecule has 162 valence electrons. The Hall–Kier alpha value is -2.22. The first kappa shape index (κ1) is 23.4. The van der Waals surface area contributed by atoms with E-state index in [1.54, 1.807) is 6.08 Å². The molecule has 1 amide bonds. The van der Waals surface area contributed by atoms with Crippen molar-refractivity contribution in [1.82, 2.24) is 10.6 Å². The van der Waals surface area contributed by atoms with E-state index in [1.165, 1.54) is 12.6 Å². The van der Waals surface area contributed by atoms with E-state index in [-0.39, 0.29) is 5.24 Å². The molecular weight excluding hydrogens is 500 g/mol. The molecule has 1 aliphatic rings. The highest BCUT2D eigenvalue weighted by atomic mass is 79.9. The lowest BCUT2D eigenvalue weighted by Gasteiger charge is -2.14. The first-order chi connectivity index (χ1) is 15.0. The number of rotatable bonds is 9. The average Bonchev–Trinajstić information content (AvgIpc) is 3.61. The molecule has 0 radical (unpaired) electrons. The van der Waals surface area contributed by atoms with Crippen LogP contribution in [0.2, 0.25) is 5.02 Å². The maximum atomic E-state index is 11.5. The highest BCUT2D eigenvalue weighted by Gasteiger charge is 2.18. The third kappa shape index (κ3) is 7.45. The van der Waals surface area contributed by atoms with E-state index in [4.69, 9.17) is 16.3 Å². The van der Waals surface area contributed by atoms with Crippen LogP contribution in [-0.2, 0) is 11.3 Å². The van der Waals surface area contributed by atoms with Crippen molar-refractivity contribution in [2.75, 3.05) is 13.7 Å². The molecule has 0 aliphatic heterocycles. The summed E-state index contributed by atoms with van der Waals surface area (Å²) in [7, 11) is 1.52. The molecule has 3 rings (SSSR count). The van der Waals surface area contributed by atoms with Gasteiger partial charge >= 0.3 is 0 Å². The summed E-state index contributed by atoms with van der Waals surface area (Å²) >= 11 is 10.3. The zero-order valence-electron chi connectivity index (χ0n) is 16.9. The van der Waals surface area contributed by atoms with E-state index in [9.17, 15) is 9.59 Å². The van der Waals surface area contributed by atoms with Crippen molar-refractivity contribution in [3.8, 4) is 5.75 Å². The summed E-state index contributed by atoms with van der Waals surface area (Å²) in [6, 6.07) is 13.3. The summed E-state index contributed by atoms with van der Waals surface area (Å²) in [5.41, 5.74) is 4.43. The van der Waals surface area contributed by atoms with E-state index in [2.05, 4.69) is 26.6 Å². The fourth-order valence-corrected chi connectivity index (χ4v) is 3.93. The minimum absolute atomic E-state index is 0.288. The molecule has 0 bridgehead atoms. The van der Waals surface area contributed by atoms with Gasteiger partial charge in [-0.3, -0.25) is 9.59 Å². The molecule has 31 heavy (non-hydrogen) atoms. The molecule has 1 aliphatic carbocycles. The van der Waals surface area contributed by atoms with Gasteiger partial charge in [0.25, 0.3) is 5.24 Å². The highest BCUT2D eigenvalue weighted by molar-refractivity contribution is 9.10. The van der Waals surface area contributed by atoms with Crippen LogP contribution >= 0.6 is 39.3 Å². The third-order valence-corrected chi connectivity index (χ3v) is 6.22. The van der Waals surface area contributed by atoms with E-state index < -0.39 is 0 Å². The lowest BCUT2D eigenvalue weighted by molar-refractivity contribution is -0.104. The fraction of sp³-hybridized carbons (Fsp3) is 0.217. The summed E-state index contributed by atoms with van der Waals surface area (Å²) in [6.07, 6.45) is 4.51. The standard InChI is InChI=1S/C23H22BrClN2O3S/c1-26-23(29)31-19(13-28)10-16-4-9-22(20(24)11-16)30-14-21(17-5-6-17)27-12-15-2-7-18(25)8-3-15/h2-4,7-11,13,27H,5-6,12,14H2,1H3,(H,26,29)/b19-10-. The predicted octanol–water partition coefficient (Wildman–Crippen LogP) is 5.93. The van der Waals surface area contributed by atoms with Gasteiger partial charge in [0, 0.05) is 24.3 Å². The van der Waals surface area contributed by atoms with Gasteiger partial charge in [0.2, 0.25) is 0 Å². The zero-order valence-corrected chi connectivity index (χ0v) is 20.1. The number of allylic oxidation sites excluding steroid dienone is 2. The molecule has 0 aromatic heterocycles. The molecule has 8 heteroatoms. The molecule has 5 nitrogen and oxygen atoms in total. The number of hydrogen-bond acceptors (Lipinski definition) is 5. The number of carbonyl (C=O) groups is 2. The van der Waals surface area contributed by atoms with Gasteiger partial charge in [-0.1, -0.05) is 29.8 Å². The van der Waals surface area contributed by atoms with E-state index in [0.29, 0.717) is 30.1 Å². The summed E-state index contributed by atoms with van der Waals surface area (Å²) in [6.45, 7) is 1.16. The molecule has 2 N–H and O–H groups in total. The number of benzene rings is 2. The molecule has 0 atom stereocenters. The third-order valence-electron chi connectivity index (χ3n) is 4.51. The van der Waals surface area contributed by atoms with Crippen LogP contribution < -0.4 is 15.4 Å². The summed E-state index contributed by atoms with van der Waals surface area (Å²) < 4.78 is 6.80. The van der Waals surface area contributed by atoms with Crippen LogP contribution in [0, 0.1) is 0 Å². The van der Waals surface area contributed by atoms with Crippen molar-refractivity contribution in [1.29, 1.82) is 0 Å². The second-order valence-corrected chi connectivity index (χ2v) is 9.18. The van der Waals surface area contributed by atoms with Crippen LogP contribution in [-0.4, -0.2) is 25.2 Å². The molecule has 0 spiro atoms. The smallest absolute Gasteiger partial charge is 0.283 e. The zero-order chi connectivity index (χ0) is 22.2. The second kappa shape index (κ2) is 11.4. The molecule has 1 saturated carbocycles. The van der Waals surface area contributed by atoms with Crippen molar-refractivity contribution in [2.45, 2.75) is 19.4 Å². The Morgan fingerprint density at radius 1 is 1.23 bits per heavy atom. The number of ether oxygens (including phenoxy) is 1. The van der Waals surface area contributed by atoms with Gasteiger partial charge in [-0.05, 0) is 87.6 Å². The molecule has 0 heterocycles. The SMILES string of the molecule is CNC(=O)S/C(C=O)=C\c1ccc(OCC(NCc2ccc(Cl)cc2)=C2CC2)c(Br)c1. The van der Waals surface area contributed by atoms with Gasteiger partial charge in [-0.15, -0.1) is 0 Å². The first-order valence-corrected chi connectivity index (χ1v) is 11.6. The Bertz CT molecular complexity index is 1020. The normalized spacial score (nSPS) is 12.9. The number of hydrogen-bond donors (Lipinski definition) is 2. The van der Waals surface area contributed by atoms with Crippen LogP contribution in [0.15, 0.2) is 63.1 Å². The molecule has 0 unspecified atom stereocenters. The summed E-state index contributed by atoms with van der Waals surface area (Å²) in [5.74, 6) is 0.704. The number of nitrogens with one attached hydrogen (secondary N) is 2. The van der Waals surface area contributed by atoms with E-state index >= 15 is 0 Å². The van der Waals surface area contributed by atoms with Gasteiger partial charge in [0.15, 0.2) is 6.29 Å². The summed E-state index contributed by atoms with van der Waals surface area (Å²) in [5, 5.41) is 6.40. The maximum Gasteiger partial charge on any atom is 0.283 e. The Morgan fingerprint density at radius 2 is 1.97 bits per heavy atom. The Kier molecular flexibility index (Phi) is 8.63. The number of halogens is 2. The number of carbonyl (C=O) groups excluding carboxylic acids is 2. The fourth-order valence-electron chi connectivity index (χ4n) is 2.74. The highest BCUT2D eigenvalue weighted by Crippen LogP contribution is 2.32. The lowest BCUT2D eigenvalue weighted by Crippen LogP contribution is -2.19. The molecule has 0 saturated heterocycles. The minimum atomic E-state index is -0.288. The Balaban J connectivity index is 1.61. The van der Waals surface area contributed by atoms with Crippen LogP contribution in [0.25, 0.3) is 6.08 Å². The van der Waals surface area contributed by atoms with Gasteiger partial charge in [-0.25, -0.2) is 0 Å². The maximum absolute atomic E-state index is 11.5. The van der Waals surface area contributed by atoms with Gasteiger partial charge < -0.3 is 15.4 Å². The second-order valence-electron chi connectivity index (χ2n) is 6.84. The first-order valence-electron chi connectivity index (χ1n) is 9.66. The van der Waals surface area contributed by atoms with Crippen molar-refractivity contribution in [2.24, 2.45) is 0 Å². The van der Waals surface area contributed by atoms with Gasteiger partial charge in [0.1, 0.15) is 12.4 Å². The molecule has 1 fully saturated rings. The van der Waals surface area contributed by atoms with Crippen molar-refractivity contribution < 1.29 is 14.3 Å². The van der Waals surface area contributed by atoms with Crippen LogP contribution in [0.3, 0.4) is 0 Å². The van der Waals surface area contributed by atoms with Crippen molar-refractivity contribution >= 4 is 56.9 Å². The minimum Gasteiger partial charge on any atom is -0.486 e. The molecule has 2 aromatic rings. The monoisotopic (exact) mass is 520 g/mol. The Labute approximate surface area is 199 Å². The van der Waals surface area contributed by atoms with Crippen LogP contribution in [0.5, 0.6) is 5.75 Å². The summed E-state index contributed by atoms with van der Waals surface area (Å²) in [4.78, 5) is 23.0. The topological polar surface area (TPSA) is 67.4 Å². The van der Waals surface area contributed by atoms with E-state index in [0.717, 1.165) is 50.9 Å². The largest absolute Gasteiger partial charge is 0.486 e. The quantitative estimate of drug-likeness (QED) is 0.316. The number of amides is 1. The number of aldehydes is 1. The average molecular weight is 522 g/mol. The van der Waals surface area contributed by atoms with E-state index in [1.807, 2.05) is 42.5 Å². The van der Waals surface area contributed by atoms with Crippen molar-refractivity contribution in [3.05, 3.63) is 79.3 Å². The molecular formula is C23H22BrClN2O3S. The van der Waals surface area contributed by atoms with Crippen molar-refractivity contribution in [3.63, 3.8) is 0 Å². The van der Waals surface area contributed by atoms with Gasteiger partial charge in [-0.2, -0.15) is 0 Å². The molecule has 2 aromatic carbocycles. The lowest BCUT2D eigenvalue weighted by atomic mass is 10.2. The van der Waals surface area contributed by atoms with Gasteiger partial charge in [0.05, 0.1) is 9.38 Å². The predicted molar refractivity (Wildman–Crippen MR) is 130 cm³/mol. The van der Waals surface area contributed by atoms with Crippen LogP contribution in [0.1, 0.15) is 24.0 Å². The number of thioether (sulfide) groups is 1.